The highest BCUT2D eigenvalue weighted by molar-refractivity contribution is 7.88. The predicted octanol–water partition coefficient (Wildman–Crippen LogP) is 0.418. The predicted molar refractivity (Wildman–Crippen MR) is 102 cm³/mol. The molecule has 0 radical (unpaired) electrons. The minimum absolute atomic E-state index is 0.249. The van der Waals surface area contributed by atoms with Crippen LogP contribution in [0.3, 0.4) is 0 Å². The van der Waals surface area contributed by atoms with Gasteiger partial charge in [0.05, 0.1) is 11.3 Å². The van der Waals surface area contributed by atoms with Crippen LogP contribution in [0.25, 0.3) is 0 Å². The summed E-state index contributed by atoms with van der Waals surface area (Å²) in [7, 11) is -1.42. The summed E-state index contributed by atoms with van der Waals surface area (Å²) in [6, 6.07) is 3.91. The number of pyridine rings is 1. The van der Waals surface area contributed by atoms with Crippen LogP contribution in [0.2, 0.25) is 5.02 Å². The van der Waals surface area contributed by atoms with Crippen LogP contribution in [0, 0.1) is 0 Å². The van der Waals surface area contributed by atoms with Gasteiger partial charge < -0.3 is 15.5 Å². The summed E-state index contributed by atoms with van der Waals surface area (Å²) >= 11 is 6.21. The van der Waals surface area contributed by atoms with Crippen molar-refractivity contribution in [2.75, 3.05) is 44.4 Å². The minimum Gasteiger partial charge on any atom is -0.356 e. The largest absolute Gasteiger partial charge is 0.356 e. The van der Waals surface area contributed by atoms with Crippen LogP contribution in [-0.4, -0.2) is 64.9 Å². The zero-order valence-electron chi connectivity index (χ0n) is 14.5. The second-order valence-electron chi connectivity index (χ2n) is 5.90. The number of halogens is 1. The molecule has 0 saturated carbocycles. The molecule has 1 unspecified atom stereocenters. The lowest BCUT2D eigenvalue weighted by atomic mass is 10.3. The zero-order chi connectivity index (χ0) is 18.3. The van der Waals surface area contributed by atoms with E-state index in [-0.39, 0.29) is 6.04 Å². The third kappa shape index (κ3) is 6.68. The molecule has 1 aliphatic heterocycles. The zero-order valence-corrected chi connectivity index (χ0v) is 16.1. The fourth-order valence-electron chi connectivity index (χ4n) is 2.62. The first-order valence-corrected chi connectivity index (χ1v) is 10.4. The highest BCUT2D eigenvalue weighted by Gasteiger charge is 2.25. The molecule has 0 amide bonds. The monoisotopic (exact) mass is 388 g/mol. The van der Waals surface area contributed by atoms with Crippen LogP contribution < -0.4 is 20.3 Å². The van der Waals surface area contributed by atoms with E-state index in [1.165, 1.54) is 0 Å². The van der Waals surface area contributed by atoms with Gasteiger partial charge in [-0.1, -0.05) is 11.6 Å². The third-order valence-corrected chi connectivity index (χ3v) is 4.83. The van der Waals surface area contributed by atoms with Crippen molar-refractivity contribution in [2.45, 2.75) is 18.9 Å². The van der Waals surface area contributed by atoms with Crippen molar-refractivity contribution in [1.82, 2.24) is 20.3 Å². The van der Waals surface area contributed by atoms with Crippen molar-refractivity contribution in [3.05, 3.63) is 23.4 Å². The number of aromatic nitrogens is 1. The van der Waals surface area contributed by atoms with E-state index in [9.17, 15) is 8.42 Å². The minimum atomic E-state index is -3.13. The molecule has 1 aromatic rings. The molecule has 1 aromatic heterocycles. The summed E-state index contributed by atoms with van der Waals surface area (Å²) in [6.45, 7) is 2.71. The number of hydrogen-bond donors (Lipinski definition) is 3. The smallest absolute Gasteiger partial charge is 0.208 e. The van der Waals surface area contributed by atoms with E-state index >= 15 is 0 Å². The van der Waals surface area contributed by atoms with Gasteiger partial charge in [-0.3, -0.25) is 4.99 Å². The Balaban J connectivity index is 1.74. The van der Waals surface area contributed by atoms with Gasteiger partial charge in [-0.25, -0.2) is 18.1 Å². The lowest BCUT2D eigenvalue weighted by Gasteiger charge is -2.20. The van der Waals surface area contributed by atoms with Crippen LogP contribution in [0.1, 0.15) is 12.8 Å². The van der Waals surface area contributed by atoms with Gasteiger partial charge in [-0.05, 0) is 25.0 Å². The van der Waals surface area contributed by atoms with E-state index in [0.717, 1.165) is 31.6 Å². The summed E-state index contributed by atoms with van der Waals surface area (Å²) in [5.74, 6) is 1.52. The molecule has 8 nitrogen and oxygen atoms in total. The SMILES string of the molecule is CN=C(NCCCNS(C)(=O)=O)NC1CCN(c2ncccc2Cl)C1. The highest BCUT2D eigenvalue weighted by Crippen LogP contribution is 2.25. The molecule has 2 rings (SSSR count). The average molecular weight is 389 g/mol. The number of rotatable bonds is 7. The van der Waals surface area contributed by atoms with Crippen LogP contribution >= 0.6 is 11.6 Å². The molecule has 3 N–H and O–H groups in total. The second kappa shape index (κ2) is 9.21. The number of sulfonamides is 1. The fraction of sp³-hybridized carbons (Fsp3) is 0.600. The van der Waals surface area contributed by atoms with Gasteiger partial charge in [0.15, 0.2) is 5.96 Å². The number of aliphatic imine (C=N–C) groups is 1. The topological polar surface area (TPSA) is 98.7 Å². The first-order chi connectivity index (χ1) is 11.9. The van der Waals surface area contributed by atoms with Crippen molar-refractivity contribution in [3.8, 4) is 0 Å². The normalized spacial score (nSPS) is 18.4. The van der Waals surface area contributed by atoms with Crippen molar-refractivity contribution >= 4 is 33.4 Å². The highest BCUT2D eigenvalue weighted by atomic mass is 35.5. The summed E-state index contributed by atoms with van der Waals surface area (Å²) in [5, 5.41) is 7.23. The Bertz CT molecular complexity index is 697. The molecule has 10 heteroatoms. The molecule has 1 fully saturated rings. The quantitative estimate of drug-likeness (QED) is 0.355. The molecule has 1 atom stereocenters. The number of nitrogens with one attached hydrogen (secondary N) is 3. The Morgan fingerprint density at radius 2 is 2.28 bits per heavy atom. The standard InChI is InChI=1S/C15H25ClN6O2S/c1-17-15(19-8-4-9-20-25(2,23)24)21-12-6-10-22(11-12)14-13(16)5-3-7-18-14/h3,5,7,12,20H,4,6,8-11H2,1-2H3,(H2,17,19,21). The summed E-state index contributed by atoms with van der Waals surface area (Å²) < 4.78 is 24.5. The Kier molecular flexibility index (Phi) is 7.27. The molecule has 0 aliphatic carbocycles. The molecular weight excluding hydrogens is 364 g/mol. The van der Waals surface area contributed by atoms with Gasteiger partial charge in [-0.2, -0.15) is 0 Å². The van der Waals surface area contributed by atoms with Crippen LogP contribution in [0.15, 0.2) is 23.3 Å². The number of guanidine groups is 1. The van der Waals surface area contributed by atoms with Crippen LogP contribution in [0.4, 0.5) is 5.82 Å². The molecule has 0 spiro atoms. The Hall–Kier alpha value is -1.58. The summed E-state index contributed by atoms with van der Waals surface area (Å²) in [6.07, 6.45) is 4.53. The Morgan fingerprint density at radius 3 is 2.96 bits per heavy atom. The molecule has 1 saturated heterocycles. The molecule has 0 bridgehead atoms. The maximum absolute atomic E-state index is 11.0. The summed E-state index contributed by atoms with van der Waals surface area (Å²) in [5.41, 5.74) is 0. The third-order valence-electron chi connectivity index (χ3n) is 3.80. The Morgan fingerprint density at radius 1 is 1.48 bits per heavy atom. The number of anilines is 1. The van der Waals surface area contributed by atoms with E-state index in [4.69, 9.17) is 11.6 Å². The molecule has 25 heavy (non-hydrogen) atoms. The van der Waals surface area contributed by atoms with E-state index < -0.39 is 10.0 Å². The maximum atomic E-state index is 11.0. The molecule has 1 aliphatic rings. The lowest BCUT2D eigenvalue weighted by molar-refractivity contribution is 0.583. The van der Waals surface area contributed by atoms with Gasteiger partial charge in [0.25, 0.3) is 0 Å². The van der Waals surface area contributed by atoms with Crippen molar-refractivity contribution in [1.29, 1.82) is 0 Å². The molecular formula is C15H25ClN6O2S. The number of nitrogens with zero attached hydrogens (tertiary/aromatic N) is 3. The Labute approximate surface area is 154 Å². The van der Waals surface area contributed by atoms with Crippen LogP contribution in [-0.2, 0) is 10.0 Å². The lowest BCUT2D eigenvalue weighted by Crippen LogP contribution is -2.45. The van der Waals surface area contributed by atoms with Crippen molar-refractivity contribution < 1.29 is 8.42 Å². The first kappa shape index (κ1) is 19.7. The van der Waals surface area contributed by atoms with E-state index in [1.54, 1.807) is 13.2 Å². The first-order valence-electron chi connectivity index (χ1n) is 8.16. The fourth-order valence-corrected chi connectivity index (χ4v) is 3.38. The second-order valence-corrected chi connectivity index (χ2v) is 8.14. The molecule has 0 aromatic carbocycles. The number of hydrogen-bond acceptors (Lipinski definition) is 5. The van der Waals surface area contributed by atoms with Gasteiger partial charge in [0.2, 0.25) is 10.0 Å². The molecule has 2 heterocycles. The van der Waals surface area contributed by atoms with Crippen LogP contribution in [0.5, 0.6) is 0 Å². The van der Waals surface area contributed by atoms with Crippen molar-refractivity contribution in [2.24, 2.45) is 4.99 Å². The van der Waals surface area contributed by atoms with E-state index in [1.807, 2.05) is 12.1 Å². The van der Waals surface area contributed by atoms with Gasteiger partial charge in [0, 0.05) is 45.5 Å². The van der Waals surface area contributed by atoms with Gasteiger partial charge in [-0.15, -0.1) is 0 Å². The van der Waals surface area contributed by atoms with E-state index in [2.05, 4.69) is 30.2 Å². The van der Waals surface area contributed by atoms with Gasteiger partial charge in [0.1, 0.15) is 5.82 Å². The van der Waals surface area contributed by atoms with E-state index in [0.29, 0.717) is 30.5 Å². The average Bonchev–Trinajstić information content (AvgIpc) is 3.01. The maximum Gasteiger partial charge on any atom is 0.208 e. The molecule has 140 valence electrons. The van der Waals surface area contributed by atoms with Gasteiger partial charge >= 0.3 is 0 Å². The van der Waals surface area contributed by atoms with Crippen molar-refractivity contribution in [3.63, 3.8) is 0 Å². The summed E-state index contributed by atoms with van der Waals surface area (Å²) in [4.78, 5) is 10.7.